The first kappa shape index (κ1) is 15.7. The maximum atomic E-state index is 12.7. The number of nitrogens with zero attached hydrogens (tertiary/aromatic N) is 4. The molecule has 0 radical (unpaired) electrons. The van der Waals surface area contributed by atoms with Gasteiger partial charge in [-0.3, -0.25) is 14.3 Å². The van der Waals surface area contributed by atoms with Crippen molar-refractivity contribution < 1.29 is 14.3 Å². The van der Waals surface area contributed by atoms with Gasteiger partial charge in [-0.2, -0.15) is 5.10 Å². The van der Waals surface area contributed by atoms with Gasteiger partial charge in [0.2, 0.25) is 0 Å². The van der Waals surface area contributed by atoms with Crippen LogP contribution in [0.3, 0.4) is 0 Å². The summed E-state index contributed by atoms with van der Waals surface area (Å²) in [5.41, 5.74) is 1.83. The summed E-state index contributed by atoms with van der Waals surface area (Å²) in [6.07, 6.45) is 1.76. The van der Waals surface area contributed by atoms with Crippen LogP contribution in [-0.4, -0.2) is 37.6 Å². The Bertz CT molecular complexity index is 691. The van der Waals surface area contributed by atoms with Crippen LogP contribution in [0.4, 0.5) is 0 Å². The number of rotatable bonds is 5. The molecule has 1 saturated heterocycles. The lowest BCUT2D eigenvalue weighted by Gasteiger charge is -2.23. The minimum absolute atomic E-state index is 0.186. The molecule has 1 amide bonds. The third-order valence-corrected chi connectivity index (χ3v) is 4.56. The van der Waals surface area contributed by atoms with E-state index in [0.29, 0.717) is 25.9 Å². The van der Waals surface area contributed by atoms with Crippen molar-refractivity contribution >= 4 is 23.2 Å². The van der Waals surface area contributed by atoms with E-state index in [1.165, 1.54) is 11.3 Å². The summed E-state index contributed by atoms with van der Waals surface area (Å²) in [6.45, 7) is 2.72. The van der Waals surface area contributed by atoms with Gasteiger partial charge in [0, 0.05) is 37.2 Å². The Labute approximate surface area is 137 Å². The molecule has 2 aromatic rings. The van der Waals surface area contributed by atoms with E-state index in [2.05, 4.69) is 10.1 Å². The third kappa shape index (κ3) is 3.58. The number of esters is 1. The van der Waals surface area contributed by atoms with Crippen molar-refractivity contribution in [3.05, 3.63) is 34.0 Å². The van der Waals surface area contributed by atoms with Crippen LogP contribution >= 0.6 is 11.3 Å². The lowest BCUT2D eigenvalue weighted by atomic mass is 10.2. The van der Waals surface area contributed by atoms with Gasteiger partial charge in [-0.05, 0) is 13.0 Å². The molecule has 0 bridgehead atoms. The van der Waals surface area contributed by atoms with Crippen LogP contribution in [0, 0.1) is 6.92 Å². The fourth-order valence-electron chi connectivity index (χ4n) is 2.52. The van der Waals surface area contributed by atoms with Crippen LogP contribution in [-0.2, 0) is 34.5 Å². The van der Waals surface area contributed by atoms with Crippen LogP contribution in [0.1, 0.15) is 29.2 Å². The summed E-state index contributed by atoms with van der Waals surface area (Å²) in [5.74, 6) is -0.499. The summed E-state index contributed by atoms with van der Waals surface area (Å²) in [7, 11) is 1.87. The van der Waals surface area contributed by atoms with Gasteiger partial charge in [0.15, 0.2) is 6.10 Å². The van der Waals surface area contributed by atoms with Crippen molar-refractivity contribution in [1.82, 2.24) is 19.7 Å². The zero-order valence-electron chi connectivity index (χ0n) is 13.1. The number of carbonyl (C=O) groups is 2. The second-order valence-corrected chi connectivity index (χ2v) is 6.52. The molecular formula is C15H18N4O3S. The van der Waals surface area contributed by atoms with Gasteiger partial charge in [0.25, 0.3) is 5.91 Å². The average Bonchev–Trinajstić information content (AvgIpc) is 3.22. The van der Waals surface area contributed by atoms with Gasteiger partial charge >= 0.3 is 5.97 Å². The molecule has 0 saturated carbocycles. The molecule has 3 rings (SSSR count). The quantitative estimate of drug-likeness (QED) is 0.773. The van der Waals surface area contributed by atoms with E-state index >= 15 is 0 Å². The van der Waals surface area contributed by atoms with E-state index in [-0.39, 0.29) is 11.9 Å². The SMILES string of the molecule is Cc1cc(CN(Cc2nccs2)C(=O)[C@@H]2CCC(=O)O2)nn1C. The zero-order valence-corrected chi connectivity index (χ0v) is 13.9. The maximum Gasteiger partial charge on any atom is 0.306 e. The molecule has 7 nitrogen and oxygen atoms in total. The van der Waals surface area contributed by atoms with E-state index in [0.717, 1.165) is 16.4 Å². The minimum atomic E-state index is -0.688. The summed E-state index contributed by atoms with van der Waals surface area (Å²) < 4.78 is 6.89. The third-order valence-electron chi connectivity index (χ3n) is 3.80. The van der Waals surface area contributed by atoms with Gasteiger partial charge < -0.3 is 9.64 Å². The zero-order chi connectivity index (χ0) is 16.4. The molecule has 1 aliphatic heterocycles. The molecule has 8 heteroatoms. The number of carbonyl (C=O) groups excluding carboxylic acids is 2. The van der Waals surface area contributed by atoms with Crippen LogP contribution in [0.5, 0.6) is 0 Å². The van der Waals surface area contributed by atoms with Gasteiger partial charge in [-0.25, -0.2) is 4.98 Å². The van der Waals surface area contributed by atoms with E-state index in [1.54, 1.807) is 15.8 Å². The first-order valence-corrected chi connectivity index (χ1v) is 8.27. The lowest BCUT2D eigenvalue weighted by Crippen LogP contribution is -2.38. The summed E-state index contributed by atoms with van der Waals surface area (Å²) in [5, 5.41) is 7.12. The molecule has 122 valence electrons. The summed E-state index contributed by atoms with van der Waals surface area (Å²) in [4.78, 5) is 29.9. The Hall–Kier alpha value is -2.22. The molecule has 23 heavy (non-hydrogen) atoms. The Morgan fingerprint density at radius 3 is 2.91 bits per heavy atom. The second kappa shape index (κ2) is 6.49. The van der Waals surface area contributed by atoms with Crippen molar-refractivity contribution in [2.24, 2.45) is 7.05 Å². The van der Waals surface area contributed by atoms with Crippen molar-refractivity contribution in [2.75, 3.05) is 0 Å². The van der Waals surface area contributed by atoms with Crippen molar-refractivity contribution in [2.45, 2.75) is 39.0 Å². The number of aryl methyl sites for hydroxylation is 2. The van der Waals surface area contributed by atoms with E-state index in [4.69, 9.17) is 4.74 Å². The predicted octanol–water partition coefficient (Wildman–Crippen LogP) is 1.42. The van der Waals surface area contributed by atoms with E-state index < -0.39 is 6.10 Å². The number of hydrogen-bond acceptors (Lipinski definition) is 6. The smallest absolute Gasteiger partial charge is 0.306 e. The molecule has 0 N–H and O–H groups in total. The maximum absolute atomic E-state index is 12.7. The van der Waals surface area contributed by atoms with Gasteiger partial charge in [0.1, 0.15) is 5.01 Å². The highest BCUT2D eigenvalue weighted by atomic mass is 32.1. The molecule has 1 fully saturated rings. The normalized spacial score (nSPS) is 17.3. The monoisotopic (exact) mass is 334 g/mol. The second-order valence-electron chi connectivity index (χ2n) is 5.54. The molecule has 1 atom stereocenters. The summed E-state index contributed by atoms with van der Waals surface area (Å²) >= 11 is 1.49. The molecule has 0 aromatic carbocycles. The molecule has 3 heterocycles. The van der Waals surface area contributed by atoms with Gasteiger partial charge in [-0.15, -0.1) is 11.3 Å². The Balaban J connectivity index is 1.77. The van der Waals surface area contributed by atoms with Crippen LogP contribution < -0.4 is 0 Å². The fraction of sp³-hybridized carbons (Fsp3) is 0.467. The van der Waals surface area contributed by atoms with Gasteiger partial charge in [-0.1, -0.05) is 0 Å². The number of cyclic esters (lactones) is 1. The van der Waals surface area contributed by atoms with Crippen molar-refractivity contribution in [3.8, 4) is 0 Å². The number of thiazole rings is 1. The molecule has 0 unspecified atom stereocenters. The Morgan fingerprint density at radius 1 is 1.52 bits per heavy atom. The topological polar surface area (TPSA) is 77.3 Å². The Kier molecular flexibility index (Phi) is 4.42. The highest BCUT2D eigenvalue weighted by Crippen LogP contribution is 2.20. The molecular weight excluding hydrogens is 316 g/mol. The Morgan fingerprint density at radius 2 is 2.35 bits per heavy atom. The first-order valence-electron chi connectivity index (χ1n) is 7.39. The van der Waals surface area contributed by atoms with E-state index in [1.807, 2.05) is 25.4 Å². The fourth-order valence-corrected chi connectivity index (χ4v) is 3.15. The molecule has 1 aliphatic rings. The lowest BCUT2D eigenvalue weighted by molar-refractivity contribution is -0.153. The number of aromatic nitrogens is 3. The molecule has 0 aliphatic carbocycles. The highest BCUT2D eigenvalue weighted by Gasteiger charge is 2.33. The predicted molar refractivity (Wildman–Crippen MR) is 83.4 cm³/mol. The number of ether oxygens (including phenoxy) is 1. The van der Waals surface area contributed by atoms with Crippen LogP contribution in [0.25, 0.3) is 0 Å². The minimum Gasteiger partial charge on any atom is -0.452 e. The number of amides is 1. The largest absolute Gasteiger partial charge is 0.452 e. The highest BCUT2D eigenvalue weighted by molar-refractivity contribution is 7.09. The van der Waals surface area contributed by atoms with Crippen LogP contribution in [0.2, 0.25) is 0 Å². The van der Waals surface area contributed by atoms with Crippen molar-refractivity contribution in [3.63, 3.8) is 0 Å². The number of hydrogen-bond donors (Lipinski definition) is 0. The van der Waals surface area contributed by atoms with Crippen molar-refractivity contribution in [1.29, 1.82) is 0 Å². The average molecular weight is 334 g/mol. The van der Waals surface area contributed by atoms with Crippen LogP contribution in [0.15, 0.2) is 17.6 Å². The van der Waals surface area contributed by atoms with E-state index in [9.17, 15) is 9.59 Å². The summed E-state index contributed by atoms with van der Waals surface area (Å²) in [6, 6.07) is 1.95. The first-order chi connectivity index (χ1) is 11.0. The molecule has 2 aromatic heterocycles. The van der Waals surface area contributed by atoms with Gasteiger partial charge in [0.05, 0.1) is 18.8 Å². The molecule has 0 spiro atoms. The standard InChI is InChI=1S/C15H18N4O3S/c1-10-7-11(17-18(10)2)8-19(9-13-16-5-6-23-13)15(21)12-3-4-14(20)22-12/h5-7,12H,3-4,8-9H2,1-2H3/t12-/m0/s1.